The highest BCUT2D eigenvalue weighted by atomic mass is 35.5. The van der Waals surface area contributed by atoms with Gasteiger partial charge in [0, 0.05) is 34.9 Å². The van der Waals surface area contributed by atoms with Gasteiger partial charge >= 0.3 is 0 Å². The van der Waals surface area contributed by atoms with Gasteiger partial charge in [-0.3, -0.25) is 4.79 Å². The topological polar surface area (TPSA) is 36.1 Å². The third kappa shape index (κ3) is 2.78. The van der Waals surface area contributed by atoms with E-state index < -0.39 is 0 Å². The minimum absolute atomic E-state index is 0.0436. The van der Waals surface area contributed by atoms with Crippen LogP contribution in [0.3, 0.4) is 0 Å². The average Bonchev–Trinajstić information content (AvgIpc) is 2.89. The lowest BCUT2D eigenvalue weighted by molar-refractivity contribution is -0.117. The Labute approximate surface area is 128 Å². The number of likely N-dealkylation sites (N-methyl/N-ethyl adjacent to an activating group) is 1. The number of aromatic nitrogens is 1. The van der Waals surface area contributed by atoms with Gasteiger partial charge < -0.3 is 9.88 Å². The number of amides is 1. The van der Waals surface area contributed by atoms with Crippen LogP contribution in [0.2, 0.25) is 5.02 Å². The van der Waals surface area contributed by atoms with Gasteiger partial charge in [0.15, 0.2) is 0 Å². The molecule has 0 aliphatic heterocycles. The number of hydrogen-bond acceptors (Lipinski definition) is 1. The predicted molar refractivity (Wildman–Crippen MR) is 86.9 cm³/mol. The number of benzene rings is 2. The molecule has 0 aliphatic carbocycles. The Morgan fingerprint density at radius 3 is 2.71 bits per heavy atom. The molecule has 0 saturated heterocycles. The van der Waals surface area contributed by atoms with Crippen LogP contribution in [0.4, 0.5) is 5.69 Å². The van der Waals surface area contributed by atoms with Crippen molar-refractivity contribution < 1.29 is 4.79 Å². The molecule has 1 amide bonds. The van der Waals surface area contributed by atoms with Crippen LogP contribution >= 0.6 is 11.6 Å². The first kappa shape index (κ1) is 13.7. The zero-order valence-corrected chi connectivity index (χ0v) is 12.4. The van der Waals surface area contributed by atoms with Gasteiger partial charge in [0.25, 0.3) is 0 Å². The second-order valence-corrected chi connectivity index (χ2v) is 5.41. The fraction of sp³-hybridized carbons (Fsp3) is 0.118. The molecule has 21 heavy (non-hydrogen) atoms. The molecule has 1 N–H and O–H groups in total. The number of anilines is 1. The maximum absolute atomic E-state index is 12.4. The highest BCUT2D eigenvalue weighted by Gasteiger charge is 2.14. The Bertz CT molecular complexity index is 780. The number of aromatic amines is 1. The molecular weight excluding hydrogens is 284 g/mol. The maximum Gasteiger partial charge on any atom is 0.231 e. The van der Waals surface area contributed by atoms with Crippen LogP contribution < -0.4 is 4.90 Å². The molecular formula is C17H15ClN2O. The van der Waals surface area contributed by atoms with Crippen LogP contribution in [0.15, 0.2) is 54.7 Å². The standard InChI is InChI=1S/C17H15ClN2O/c1-20(14-5-3-2-4-6-14)17(21)9-12-11-19-16-8-7-13(18)10-15(12)16/h2-8,10-11,19H,9H2,1H3. The van der Waals surface area contributed by atoms with Crippen LogP contribution in [0, 0.1) is 0 Å². The summed E-state index contributed by atoms with van der Waals surface area (Å²) in [5.41, 5.74) is 2.84. The first-order valence-corrected chi connectivity index (χ1v) is 7.10. The van der Waals surface area contributed by atoms with Gasteiger partial charge in [0.05, 0.1) is 6.42 Å². The predicted octanol–water partition coefficient (Wildman–Crippen LogP) is 4.03. The van der Waals surface area contributed by atoms with Crippen LogP contribution in [0.1, 0.15) is 5.56 Å². The van der Waals surface area contributed by atoms with E-state index in [2.05, 4.69) is 4.98 Å². The summed E-state index contributed by atoms with van der Waals surface area (Å²) in [4.78, 5) is 17.3. The number of nitrogens with one attached hydrogen (secondary N) is 1. The van der Waals surface area contributed by atoms with Crippen molar-refractivity contribution in [2.24, 2.45) is 0 Å². The number of para-hydroxylation sites is 1. The van der Waals surface area contributed by atoms with Crippen molar-refractivity contribution in [2.75, 3.05) is 11.9 Å². The lowest BCUT2D eigenvalue weighted by atomic mass is 10.1. The molecule has 0 aliphatic rings. The highest BCUT2D eigenvalue weighted by Crippen LogP contribution is 2.23. The van der Waals surface area contributed by atoms with Crippen LogP contribution in [-0.2, 0) is 11.2 Å². The molecule has 3 rings (SSSR count). The minimum Gasteiger partial charge on any atom is -0.361 e. The van der Waals surface area contributed by atoms with E-state index in [9.17, 15) is 4.79 Å². The van der Waals surface area contributed by atoms with E-state index in [1.54, 1.807) is 11.9 Å². The Kier molecular flexibility index (Phi) is 3.67. The van der Waals surface area contributed by atoms with Gasteiger partial charge in [-0.1, -0.05) is 29.8 Å². The Hall–Kier alpha value is -2.26. The van der Waals surface area contributed by atoms with E-state index in [1.807, 2.05) is 54.7 Å². The summed E-state index contributed by atoms with van der Waals surface area (Å²) in [6.07, 6.45) is 2.21. The fourth-order valence-electron chi connectivity index (χ4n) is 2.37. The lowest BCUT2D eigenvalue weighted by Gasteiger charge is -2.17. The molecule has 3 aromatic rings. The normalized spacial score (nSPS) is 10.8. The van der Waals surface area contributed by atoms with E-state index in [-0.39, 0.29) is 5.91 Å². The Balaban J connectivity index is 1.85. The number of carbonyl (C=O) groups is 1. The molecule has 106 valence electrons. The molecule has 3 nitrogen and oxygen atoms in total. The molecule has 0 saturated carbocycles. The first-order chi connectivity index (χ1) is 10.1. The van der Waals surface area contributed by atoms with E-state index >= 15 is 0 Å². The van der Waals surface area contributed by atoms with Gasteiger partial charge in [-0.2, -0.15) is 0 Å². The molecule has 1 aromatic heterocycles. The van der Waals surface area contributed by atoms with Crippen molar-refractivity contribution in [1.82, 2.24) is 4.98 Å². The summed E-state index contributed by atoms with van der Waals surface area (Å²) in [5.74, 6) is 0.0436. The van der Waals surface area contributed by atoms with Gasteiger partial charge in [-0.25, -0.2) is 0 Å². The molecule has 0 radical (unpaired) electrons. The van der Waals surface area contributed by atoms with Crippen molar-refractivity contribution in [2.45, 2.75) is 6.42 Å². The Morgan fingerprint density at radius 2 is 1.95 bits per heavy atom. The highest BCUT2D eigenvalue weighted by molar-refractivity contribution is 6.31. The number of carbonyl (C=O) groups excluding carboxylic acids is 1. The third-order valence-corrected chi connectivity index (χ3v) is 3.82. The summed E-state index contributed by atoms with van der Waals surface area (Å²) >= 11 is 6.03. The number of fused-ring (bicyclic) bond motifs is 1. The summed E-state index contributed by atoms with van der Waals surface area (Å²) in [7, 11) is 1.79. The minimum atomic E-state index is 0.0436. The van der Waals surface area contributed by atoms with Crippen molar-refractivity contribution in [1.29, 1.82) is 0 Å². The smallest absolute Gasteiger partial charge is 0.231 e. The SMILES string of the molecule is CN(C(=O)Cc1c[nH]c2ccc(Cl)cc12)c1ccccc1. The van der Waals surface area contributed by atoms with E-state index in [4.69, 9.17) is 11.6 Å². The molecule has 0 atom stereocenters. The summed E-state index contributed by atoms with van der Waals surface area (Å²) in [6, 6.07) is 15.3. The Morgan fingerprint density at radius 1 is 1.19 bits per heavy atom. The number of nitrogens with zero attached hydrogens (tertiary/aromatic N) is 1. The average molecular weight is 299 g/mol. The molecule has 2 aromatic carbocycles. The largest absolute Gasteiger partial charge is 0.361 e. The molecule has 1 heterocycles. The van der Waals surface area contributed by atoms with E-state index in [0.717, 1.165) is 22.2 Å². The molecule has 0 fully saturated rings. The summed E-state index contributed by atoms with van der Waals surface area (Å²) < 4.78 is 0. The van der Waals surface area contributed by atoms with Crippen molar-refractivity contribution >= 4 is 34.1 Å². The van der Waals surface area contributed by atoms with Crippen molar-refractivity contribution in [3.63, 3.8) is 0 Å². The fourth-order valence-corrected chi connectivity index (χ4v) is 2.55. The number of halogens is 1. The quantitative estimate of drug-likeness (QED) is 0.779. The first-order valence-electron chi connectivity index (χ1n) is 6.72. The second kappa shape index (κ2) is 5.62. The van der Waals surface area contributed by atoms with E-state index in [0.29, 0.717) is 11.4 Å². The van der Waals surface area contributed by atoms with Gasteiger partial charge in [-0.15, -0.1) is 0 Å². The molecule has 0 unspecified atom stereocenters. The zero-order valence-electron chi connectivity index (χ0n) is 11.6. The second-order valence-electron chi connectivity index (χ2n) is 4.97. The third-order valence-electron chi connectivity index (χ3n) is 3.59. The van der Waals surface area contributed by atoms with Crippen molar-refractivity contribution in [3.05, 3.63) is 65.3 Å². The number of rotatable bonds is 3. The van der Waals surface area contributed by atoms with Crippen LogP contribution in [0.25, 0.3) is 10.9 Å². The molecule has 4 heteroatoms. The van der Waals surface area contributed by atoms with Gasteiger partial charge in [-0.05, 0) is 35.9 Å². The number of hydrogen-bond donors (Lipinski definition) is 1. The van der Waals surface area contributed by atoms with Crippen molar-refractivity contribution in [3.8, 4) is 0 Å². The lowest BCUT2D eigenvalue weighted by Crippen LogP contribution is -2.27. The van der Waals surface area contributed by atoms with E-state index in [1.165, 1.54) is 0 Å². The molecule has 0 bridgehead atoms. The van der Waals surface area contributed by atoms with Crippen LogP contribution in [0.5, 0.6) is 0 Å². The summed E-state index contributed by atoms with van der Waals surface area (Å²) in [6.45, 7) is 0. The zero-order chi connectivity index (χ0) is 14.8. The monoisotopic (exact) mass is 298 g/mol. The number of H-pyrrole nitrogens is 1. The van der Waals surface area contributed by atoms with Gasteiger partial charge in [0.2, 0.25) is 5.91 Å². The maximum atomic E-state index is 12.4. The van der Waals surface area contributed by atoms with Crippen LogP contribution in [-0.4, -0.2) is 17.9 Å². The van der Waals surface area contributed by atoms with Gasteiger partial charge in [0.1, 0.15) is 0 Å². The summed E-state index contributed by atoms with van der Waals surface area (Å²) in [5, 5.41) is 1.67. The molecule has 0 spiro atoms.